The van der Waals surface area contributed by atoms with E-state index in [1.165, 1.54) is 12.8 Å². The molecule has 0 aliphatic carbocycles. The molecule has 0 spiro atoms. The number of hydrogen-bond donors (Lipinski definition) is 2. The number of amides is 2. The van der Waals surface area contributed by atoms with Crippen molar-refractivity contribution < 1.29 is 9.59 Å². The summed E-state index contributed by atoms with van der Waals surface area (Å²) in [7, 11) is 0. The molecule has 2 saturated heterocycles. The zero-order valence-corrected chi connectivity index (χ0v) is 14.3. The Labute approximate surface area is 147 Å². The maximum absolute atomic E-state index is 12.7. The first-order valence-corrected chi connectivity index (χ1v) is 7.98. The maximum Gasteiger partial charge on any atom is 0.246 e. The largest absolute Gasteiger partial charge is 0.303 e. The minimum atomic E-state index is -1.20. The van der Waals surface area contributed by atoms with Crippen LogP contribution >= 0.6 is 24.6 Å². The van der Waals surface area contributed by atoms with Crippen molar-refractivity contribution in [2.24, 2.45) is 0 Å². The predicted molar refractivity (Wildman–Crippen MR) is 94.5 cm³/mol. The quantitative estimate of drug-likeness (QED) is 0.634. The number of nitrogens with one attached hydrogen (secondary N) is 2. The van der Waals surface area contributed by atoms with E-state index >= 15 is 0 Å². The van der Waals surface area contributed by atoms with Crippen LogP contribution in [0.5, 0.6) is 0 Å². The first-order chi connectivity index (χ1) is 10.6. The van der Waals surface area contributed by atoms with Crippen LogP contribution in [-0.4, -0.2) is 41.5 Å². The summed E-state index contributed by atoms with van der Waals surface area (Å²) in [6.07, 6.45) is 2.82. The van der Waals surface area contributed by atoms with Crippen LogP contribution in [0.15, 0.2) is 30.3 Å². The van der Waals surface area contributed by atoms with E-state index in [1.807, 2.05) is 30.3 Å². The van der Waals surface area contributed by atoms with Crippen LogP contribution in [-0.2, 0) is 15.0 Å². The standard InChI is InChI=1S/C16H19N3O2S.ClH/c20-13-16(12-6-2-1-3-7-12,14(21)18-15(22)17-13)8-11-19-9-4-5-10-19;/h1-3,6-7H,4-5,8-11H2,(H2,17,18,20,21,22);1H. The summed E-state index contributed by atoms with van der Waals surface area (Å²) >= 11 is 4.93. The molecule has 124 valence electrons. The average molecular weight is 354 g/mol. The highest BCUT2D eigenvalue weighted by atomic mass is 35.5. The van der Waals surface area contributed by atoms with E-state index in [0.29, 0.717) is 12.0 Å². The molecule has 0 saturated carbocycles. The number of carbonyl (C=O) groups is 2. The molecule has 0 unspecified atom stereocenters. The van der Waals surface area contributed by atoms with Gasteiger partial charge in [-0.3, -0.25) is 9.59 Å². The maximum atomic E-state index is 12.7. The van der Waals surface area contributed by atoms with Gasteiger partial charge in [0, 0.05) is 0 Å². The molecule has 0 radical (unpaired) electrons. The molecule has 0 bridgehead atoms. The molecule has 2 fully saturated rings. The van der Waals surface area contributed by atoms with Crippen molar-refractivity contribution in [3.63, 3.8) is 0 Å². The lowest BCUT2D eigenvalue weighted by atomic mass is 9.74. The van der Waals surface area contributed by atoms with Crippen molar-refractivity contribution in [2.75, 3.05) is 19.6 Å². The molecule has 1 aromatic rings. The zero-order chi connectivity index (χ0) is 15.6. The Balaban J connectivity index is 0.00000192. The number of rotatable bonds is 4. The van der Waals surface area contributed by atoms with Gasteiger partial charge in [-0.15, -0.1) is 12.4 Å². The van der Waals surface area contributed by atoms with E-state index in [1.54, 1.807) is 0 Å². The monoisotopic (exact) mass is 353 g/mol. The number of halogens is 1. The van der Waals surface area contributed by atoms with E-state index in [2.05, 4.69) is 15.5 Å². The van der Waals surface area contributed by atoms with Gasteiger partial charge in [-0.1, -0.05) is 30.3 Å². The van der Waals surface area contributed by atoms with Gasteiger partial charge < -0.3 is 15.5 Å². The van der Waals surface area contributed by atoms with Gasteiger partial charge in [-0.2, -0.15) is 0 Å². The first-order valence-electron chi connectivity index (χ1n) is 7.58. The number of nitrogens with zero attached hydrogens (tertiary/aromatic N) is 1. The molecule has 2 aliphatic heterocycles. The molecular weight excluding hydrogens is 334 g/mol. The summed E-state index contributed by atoms with van der Waals surface area (Å²) in [5, 5.41) is 5.32. The first kappa shape index (κ1) is 17.8. The molecule has 0 aromatic heterocycles. The molecule has 2 aliphatic rings. The lowest BCUT2D eigenvalue weighted by Crippen LogP contribution is -2.65. The van der Waals surface area contributed by atoms with Crippen molar-refractivity contribution in [1.82, 2.24) is 15.5 Å². The molecule has 7 heteroatoms. The van der Waals surface area contributed by atoms with Crippen LogP contribution in [0.2, 0.25) is 0 Å². The van der Waals surface area contributed by atoms with Crippen LogP contribution in [0, 0.1) is 0 Å². The lowest BCUT2D eigenvalue weighted by Gasteiger charge is -2.36. The molecule has 23 heavy (non-hydrogen) atoms. The molecule has 2 heterocycles. The minimum Gasteiger partial charge on any atom is -0.303 e. The minimum absolute atomic E-state index is 0. The second-order valence-corrected chi connectivity index (χ2v) is 6.22. The smallest absolute Gasteiger partial charge is 0.246 e. The Morgan fingerprint density at radius 3 is 2.17 bits per heavy atom. The zero-order valence-electron chi connectivity index (χ0n) is 12.7. The molecule has 2 amide bonds. The van der Waals surface area contributed by atoms with E-state index in [4.69, 9.17) is 12.2 Å². The predicted octanol–water partition coefficient (Wildman–Crippen LogP) is 1.36. The van der Waals surface area contributed by atoms with Crippen molar-refractivity contribution in [2.45, 2.75) is 24.7 Å². The van der Waals surface area contributed by atoms with Gasteiger partial charge in [0.25, 0.3) is 0 Å². The fourth-order valence-corrected chi connectivity index (χ4v) is 3.43. The fourth-order valence-electron chi connectivity index (χ4n) is 3.24. The van der Waals surface area contributed by atoms with Crippen molar-refractivity contribution in [3.05, 3.63) is 35.9 Å². The lowest BCUT2D eigenvalue weighted by molar-refractivity contribution is -0.138. The summed E-state index contributed by atoms with van der Waals surface area (Å²) in [5.41, 5.74) is -0.488. The average Bonchev–Trinajstić information content (AvgIpc) is 3.01. The van der Waals surface area contributed by atoms with Gasteiger partial charge in [0.15, 0.2) is 10.5 Å². The van der Waals surface area contributed by atoms with Crippen molar-refractivity contribution in [1.29, 1.82) is 0 Å². The summed E-state index contributed by atoms with van der Waals surface area (Å²) < 4.78 is 0. The van der Waals surface area contributed by atoms with Crippen LogP contribution < -0.4 is 10.6 Å². The number of hydrogen-bond acceptors (Lipinski definition) is 4. The highest BCUT2D eigenvalue weighted by molar-refractivity contribution is 7.80. The summed E-state index contributed by atoms with van der Waals surface area (Å²) in [4.78, 5) is 27.6. The Morgan fingerprint density at radius 2 is 1.61 bits per heavy atom. The highest BCUT2D eigenvalue weighted by Gasteiger charge is 2.50. The SMILES string of the molecule is Cl.O=C1NC(=S)NC(=O)C1(CCN1CCCC1)c1ccccc1. The van der Waals surface area contributed by atoms with E-state index < -0.39 is 5.41 Å². The van der Waals surface area contributed by atoms with E-state index in [9.17, 15) is 9.59 Å². The third-order valence-corrected chi connectivity index (χ3v) is 4.70. The van der Waals surface area contributed by atoms with Crippen LogP contribution in [0.1, 0.15) is 24.8 Å². The van der Waals surface area contributed by atoms with Crippen molar-refractivity contribution in [3.8, 4) is 0 Å². The highest BCUT2D eigenvalue weighted by Crippen LogP contribution is 2.31. The van der Waals surface area contributed by atoms with Gasteiger partial charge in [-0.25, -0.2) is 0 Å². The van der Waals surface area contributed by atoms with Crippen LogP contribution in [0.4, 0.5) is 0 Å². The Morgan fingerprint density at radius 1 is 1.04 bits per heavy atom. The molecular formula is C16H20ClN3O2S. The Hall–Kier alpha value is -1.50. The molecule has 1 aromatic carbocycles. The van der Waals surface area contributed by atoms with Crippen LogP contribution in [0.25, 0.3) is 0 Å². The number of carbonyl (C=O) groups excluding carboxylic acids is 2. The Bertz CT molecular complexity index is 583. The van der Waals surface area contributed by atoms with Gasteiger partial charge in [0.05, 0.1) is 0 Å². The topological polar surface area (TPSA) is 61.4 Å². The van der Waals surface area contributed by atoms with Gasteiger partial charge in [0.2, 0.25) is 11.8 Å². The van der Waals surface area contributed by atoms with Crippen molar-refractivity contribution >= 4 is 41.6 Å². The molecule has 2 N–H and O–H groups in total. The van der Waals surface area contributed by atoms with Crippen LogP contribution in [0.3, 0.4) is 0 Å². The second-order valence-electron chi connectivity index (χ2n) is 5.81. The normalized spacial score (nSPS) is 20.6. The fraction of sp³-hybridized carbons (Fsp3) is 0.438. The third kappa shape index (κ3) is 3.39. The van der Waals surface area contributed by atoms with E-state index in [0.717, 1.165) is 19.6 Å². The molecule has 5 nitrogen and oxygen atoms in total. The molecule has 3 rings (SSSR count). The van der Waals surface area contributed by atoms with Gasteiger partial charge in [0.1, 0.15) is 0 Å². The van der Waals surface area contributed by atoms with Gasteiger partial charge >= 0.3 is 0 Å². The number of likely N-dealkylation sites (tertiary alicyclic amines) is 1. The Kier molecular flexibility index (Phi) is 5.73. The number of benzene rings is 1. The molecule has 0 atom stereocenters. The summed E-state index contributed by atoms with van der Waals surface area (Å²) in [6.45, 7) is 2.79. The van der Waals surface area contributed by atoms with E-state index in [-0.39, 0.29) is 29.3 Å². The second kappa shape index (κ2) is 7.38. The third-order valence-electron chi connectivity index (χ3n) is 4.50. The summed E-state index contributed by atoms with van der Waals surface area (Å²) in [6, 6.07) is 9.23. The summed E-state index contributed by atoms with van der Waals surface area (Å²) in [5.74, 6) is -0.654. The number of thiocarbonyl (C=S) groups is 1. The van der Waals surface area contributed by atoms with Gasteiger partial charge in [-0.05, 0) is 56.7 Å².